The van der Waals surface area contributed by atoms with Crippen LogP contribution in [0.1, 0.15) is 65.2 Å². The molecule has 0 aliphatic carbocycles. The van der Waals surface area contributed by atoms with Gasteiger partial charge in [0.1, 0.15) is 0 Å². The smallest absolute Gasteiger partial charge is 0.0517 e. The Morgan fingerprint density at radius 1 is 0.611 bits per heavy atom. The van der Waals surface area contributed by atoms with E-state index in [0.29, 0.717) is 0 Å². The molecule has 110 valence electrons. The molecule has 6 N–H and O–H groups in total. The van der Waals surface area contributed by atoms with Crippen molar-refractivity contribution in [2.75, 3.05) is 13.1 Å². The van der Waals surface area contributed by atoms with E-state index in [0.717, 1.165) is 13.1 Å². The lowest BCUT2D eigenvalue weighted by atomic mass is 10.1. The number of nitrogens with one attached hydrogen (secondary N) is 2. The van der Waals surface area contributed by atoms with Crippen molar-refractivity contribution < 1.29 is 0 Å². The molecule has 0 aromatic rings. The zero-order chi connectivity index (χ0) is 13.6. The van der Waals surface area contributed by atoms with Crippen LogP contribution in [0.15, 0.2) is 0 Å². The molecule has 0 rings (SSSR count). The van der Waals surface area contributed by atoms with Gasteiger partial charge in [-0.2, -0.15) is 0 Å². The van der Waals surface area contributed by atoms with Gasteiger partial charge in [0, 0.05) is 0 Å². The van der Waals surface area contributed by atoms with Crippen LogP contribution in [0.25, 0.3) is 0 Å². The summed E-state index contributed by atoms with van der Waals surface area (Å²) in [6.07, 6.45) is 10.9. The third kappa shape index (κ3) is 15.8. The number of unbranched alkanes of at least 4 members (excludes halogenated alkanes) is 7. The van der Waals surface area contributed by atoms with E-state index in [4.69, 9.17) is 11.5 Å². The average Bonchev–Trinajstić information content (AvgIpc) is 2.29. The molecule has 18 heavy (non-hydrogen) atoms. The third-order valence-electron chi connectivity index (χ3n) is 3.04. The van der Waals surface area contributed by atoms with Crippen molar-refractivity contribution in [1.82, 2.24) is 10.6 Å². The first-order valence-electron chi connectivity index (χ1n) is 7.61. The predicted molar refractivity (Wildman–Crippen MR) is 80.2 cm³/mol. The molecule has 0 spiro atoms. The van der Waals surface area contributed by atoms with Crippen LogP contribution in [0, 0.1) is 0 Å². The fraction of sp³-hybridized carbons (Fsp3) is 1.00. The summed E-state index contributed by atoms with van der Waals surface area (Å²) < 4.78 is 0. The molecule has 0 aliphatic heterocycles. The van der Waals surface area contributed by atoms with Crippen molar-refractivity contribution >= 4 is 0 Å². The summed E-state index contributed by atoms with van der Waals surface area (Å²) in [5.41, 5.74) is 11.2. The molecule has 0 aromatic carbocycles. The molecule has 0 saturated heterocycles. The zero-order valence-electron chi connectivity index (χ0n) is 12.4. The molecule has 0 amide bonds. The van der Waals surface area contributed by atoms with E-state index in [-0.39, 0.29) is 12.3 Å². The van der Waals surface area contributed by atoms with Gasteiger partial charge in [0.15, 0.2) is 0 Å². The van der Waals surface area contributed by atoms with Crippen molar-refractivity contribution in [3.63, 3.8) is 0 Å². The van der Waals surface area contributed by atoms with Crippen LogP contribution < -0.4 is 22.1 Å². The van der Waals surface area contributed by atoms with Crippen LogP contribution in [0.5, 0.6) is 0 Å². The second-order valence-corrected chi connectivity index (χ2v) is 5.31. The van der Waals surface area contributed by atoms with Crippen molar-refractivity contribution in [2.45, 2.75) is 77.5 Å². The first-order chi connectivity index (χ1) is 8.63. The standard InChI is InChI=1S/C14H34N4/c1-13(15)17-11-9-7-5-3-4-6-8-10-12-18-14(2)16/h13-14,17-18H,3-12,15-16H2,1-2H3. The Balaban J connectivity index is 2.95. The number of hydrogen-bond acceptors (Lipinski definition) is 4. The van der Waals surface area contributed by atoms with Crippen molar-refractivity contribution in [3.8, 4) is 0 Å². The molecular formula is C14H34N4. The molecule has 0 saturated carbocycles. The monoisotopic (exact) mass is 258 g/mol. The highest BCUT2D eigenvalue weighted by Crippen LogP contribution is 2.08. The molecule has 0 aliphatic rings. The normalized spacial score (nSPS) is 14.7. The molecule has 2 atom stereocenters. The van der Waals surface area contributed by atoms with Crippen LogP contribution in [0.4, 0.5) is 0 Å². The van der Waals surface area contributed by atoms with E-state index in [2.05, 4.69) is 10.6 Å². The van der Waals surface area contributed by atoms with Gasteiger partial charge in [0.05, 0.1) is 12.3 Å². The summed E-state index contributed by atoms with van der Waals surface area (Å²) in [6, 6.07) is 0. The van der Waals surface area contributed by atoms with Crippen LogP contribution >= 0.6 is 0 Å². The molecule has 4 heteroatoms. The molecular weight excluding hydrogens is 224 g/mol. The van der Waals surface area contributed by atoms with E-state index in [9.17, 15) is 0 Å². The lowest BCUT2D eigenvalue weighted by Gasteiger charge is -2.08. The van der Waals surface area contributed by atoms with Crippen molar-refractivity contribution in [2.24, 2.45) is 11.5 Å². The Hall–Kier alpha value is -0.160. The van der Waals surface area contributed by atoms with Gasteiger partial charge in [-0.25, -0.2) is 0 Å². The summed E-state index contributed by atoms with van der Waals surface area (Å²) in [5.74, 6) is 0. The van der Waals surface area contributed by atoms with Crippen molar-refractivity contribution in [1.29, 1.82) is 0 Å². The molecule has 0 radical (unpaired) electrons. The SMILES string of the molecule is CC(N)NCCCCCCCCCCNC(C)N. The Kier molecular flexibility index (Phi) is 13.2. The van der Waals surface area contributed by atoms with E-state index in [1.165, 1.54) is 51.4 Å². The van der Waals surface area contributed by atoms with Crippen LogP contribution in [0.2, 0.25) is 0 Å². The van der Waals surface area contributed by atoms with Crippen LogP contribution in [0.3, 0.4) is 0 Å². The average molecular weight is 258 g/mol. The summed E-state index contributed by atoms with van der Waals surface area (Å²) in [6.45, 7) is 6.09. The predicted octanol–water partition coefficient (Wildman–Crippen LogP) is 1.90. The summed E-state index contributed by atoms with van der Waals surface area (Å²) in [5, 5.41) is 6.48. The van der Waals surface area contributed by atoms with Gasteiger partial charge in [-0.05, 0) is 39.8 Å². The number of nitrogens with two attached hydrogens (primary N) is 2. The first-order valence-corrected chi connectivity index (χ1v) is 7.61. The molecule has 0 fully saturated rings. The quantitative estimate of drug-likeness (QED) is 0.301. The van der Waals surface area contributed by atoms with Gasteiger partial charge in [0.2, 0.25) is 0 Å². The highest BCUT2D eigenvalue weighted by atomic mass is 15.0. The van der Waals surface area contributed by atoms with Gasteiger partial charge in [-0.1, -0.05) is 38.5 Å². The fourth-order valence-electron chi connectivity index (χ4n) is 1.97. The Bertz CT molecular complexity index is 142. The van der Waals surface area contributed by atoms with Gasteiger partial charge in [-0.3, -0.25) is 0 Å². The fourth-order valence-corrected chi connectivity index (χ4v) is 1.97. The maximum absolute atomic E-state index is 5.61. The van der Waals surface area contributed by atoms with Crippen molar-refractivity contribution in [3.05, 3.63) is 0 Å². The van der Waals surface area contributed by atoms with E-state index >= 15 is 0 Å². The topological polar surface area (TPSA) is 76.1 Å². The molecule has 0 aromatic heterocycles. The summed E-state index contributed by atoms with van der Waals surface area (Å²) in [7, 11) is 0. The lowest BCUT2D eigenvalue weighted by Crippen LogP contribution is -2.34. The molecule has 0 bridgehead atoms. The molecule has 2 unspecified atom stereocenters. The van der Waals surface area contributed by atoms with Gasteiger partial charge >= 0.3 is 0 Å². The van der Waals surface area contributed by atoms with E-state index in [1.54, 1.807) is 0 Å². The largest absolute Gasteiger partial charge is 0.316 e. The number of rotatable bonds is 13. The highest BCUT2D eigenvalue weighted by molar-refractivity contribution is 4.54. The minimum atomic E-state index is 0.134. The Labute approximate surface area is 113 Å². The van der Waals surface area contributed by atoms with Crippen LogP contribution in [-0.4, -0.2) is 25.4 Å². The highest BCUT2D eigenvalue weighted by Gasteiger charge is 1.95. The second kappa shape index (κ2) is 13.3. The summed E-state index contributed by atoms with van der Waals surface area (Å²) >= 11 is 0. The minimum absolute atomic E-state index is 0.134. The maximum Gasteiger partial charge on any atom is 0.0517 e. The van der Waals surface area contributed by atoms with E-state index in [1.807, 2.05) is 13.8 Å². The molecule has 4 nitrogen and oxygen atoms in total. The van der Waals surface area contributed by atoms with E-state index < -0.39 is 0 Å². The third-order valence-corrected chi connectivity index (χ3v) is 3.04. The second-order valence-electron chi connectivity index (χ2n) is 5.31. The first kappa shape index (κ1) is 17.8. The van der Waals surface area contributed by atoms with Gasteiger partial charge in [0.25, 0.3) is 0 Å². The lowest BCUT2D eigenvalue weighted by molar-refractivity contribution is 0.505. The Morgan fingerprint density at radius 2 is 0.889 bits per heavy atom. The summed E-state index contributed by atoms with van der Waals surface area (Å²) in [4.78, 5) is 0. The molecule has 0 heterocycles. The van der Waals surface area contributed by atoms with Crippen LogP contribution in [-0.2, 0) is 0 Å². The van der Waals surface area contributed by atoms with Gasteiger partial charge in [-0.15, -0.1) is 0 Å². The minimum Gasteiger partial charge on any atom is -0.316 e. The zero-order valence-corrected chi connectivity index (χ0v) is 12.4. The maximum atomic E-state index is 5.61. The Morgan fingerprint density at radius 3 is 1.17 bits per heavy atom. The number of hydrogen-bond donors (Lipinski definition) is 4. The van der Waals surface area contributed by atoms with Gasteiger partial charge < -0.3 is 22.1 Å².